The number of amides is 1. The molecule has 1 N–H and O–H groups in total. The molecule has 144 valence electrons. The van der Waals surface area contributed by atoms with Crippen molar-refractivity contribution in [1.82, 2.24) is 4.98 Å². The normalized spacial score (nSPS) is 10.2. The number of nitrogens with one attached hydrogen (secondary N) is 1. The maximum Gasteiger partial charge on any atom is 0.257 e. The third kappa shape index (κ3) is 4.72. The summed E-state index contributed by atoms with van der Waals surface area (Å²) in [7, 11) is 3.01. The van der Waals surface area contributed by atoms with Crippen LogP contribution in [0.5, 0.6) is 17.2 Å². The molecule has 0 spiro atoms. The number of anilines is 1. The standard InChI is InChI=1S/C21H19ClN2O4/c1-26-17-10-15(21(25)24-19-9-8-16(22)12-23-19)11-18(27-2)20(17)28-13-14-6-4-3-5-7-14/h3-12H,13H2,1-2H3,(H,23,24,25). The van der Waals surface area contributed by atoms with E-state index in [1.54, 1.807) is 24.3 Å². The van der Waals surface area contributed by atoms with Crippen LogP contribution < -0.4 is 19.5 Å². The molecule has 1 amide bonds. The van der Waals surface area contributed by atoms with Gasteiger partial charge in [0.25, 0.3) is 5.91 Å². The Labute approximate surface area is 168 Å². The van der Waals surface area contributed by atoms with Gasteiger partial charge in [-0.05, 0) is 29.8 Å². The molecule has 1 aromatic heterocycles. The molecule has 3 rings (SSSR count). The van der Waals surface area contributed by atoms with Crippen molar-refractivity contribution in [3.8, 4) is 17.2 Å². The number of carbonyl (C=O) groups is 1. The Bertz CT molecular complexity index is 921. The molecule has 7 heteroatoms. The van der Waals surface area contributed by atoms with E-state index in [9.17, 15) is 4.79 Å². The van der Waals surface area contributed by atoms with E-state index in [1.807, 2.05) is 30.3 Å². The molecule has 3 aromatic rings. The van der Waals surface area contributed by atoms with Crippen LogP contribution >= 0.6 is 11.6 Å². The number of halogens is 1. The van der Waals surface area contributed by atoms with Crippen molar-refractivity contribution < 1.29 is 19.0 Å². The topological polar surface area (TPSA) is 69.7 Å². The highest BCUT2D eigenvalue weighted by Gasteiger charge is 2.18. The van der Waals surface area contributed by atoms with E-state index in [2.05, 4.69) is 10.3 Å². The average molecular weight is 399 g/mol. The maximum absolute atomic E-state index is 12.6. The van der Waals surface area contributed by atoms with E-state index in [0.717, 1.165) is 5.56 Å². The fourth-order valence-electron chi connectivity index (χ4n) is 2.52. The van der Waals surface area contributed by atoms with Crippen LogP contribution in [0.2, 0.25) is 5.02 Å². The molecule has 6 nitrogen and oxygen atoms in total. The largest absolute Gasteiger partial charge is 0.493 e. The number of aromatic nitrogens is 1. The van der Waals surface area contributed by atoms with Crippen LogP contribution in [-0.4, -0.2) is 25.1 Å². The number of hydrogen-bond acceptors (Lipinski definition) is 5. The number of nitrogens with zero attached hydrogens (tertiary/aromatic N) is 1. The van der Waals surface area contributed by atoms with Crippen molar-refractivity contribution in [2.45, 2.75) is 6.61 Å². The van der Waals surface area contributed by atoms with Crippen molar-refractivity contribution in [1.29, 1.82) is 0 Å². The van der Waals surface area contributed by atoms with Gasteiger partial charge < -0.3 is 19.5 Å². The zero-order chi connectivity index (χ0) is 19.9. The highest BCUT2D eigenvalue weighted by Crippen LogP contribution is 2.39. The van der Waals surface area contributed by atoms with Gasteiger partial charge in [0.2, 0.25) is 5.75 Å². The van der Waals surface area contributed by atoms with Gasteiger partial charge in [0.1, 0.15) is 12.4 Å². The minimum absolute atomic E-state index is 0.341. The monoisotopic (exact) mass is 398 g/mol. The highest BCUT2D eigenvalue weighted by molar-refractivity contribution is 6.30. The first-order valence-electron chi connectivity index (χ1n) is 8.46. The Morgan fingerprint density at radius 2 is 1.71 bits per heavy atom. The number of ether oxygens (including phenoxy) is 3. The molecule has 0 unspecified atom stereocenters. The van der Waals surface area contributed by atoms with E-state index in [-0.39, 0.29) is 5.91 Å². The summed E-state index contributed by atoms with van der Waals surface area (Å²) in [6.07, 6.45) is 1.46. The van der Waals surface area contributed by atoms with Crippen molar-refractivity contribution in [2.24, 2.45) is 0 Å². The van der Waals surface area contributed by atoms with E-state index >= 15 is 0 Å². The van der Waals surface area contributed by atoms with Crippen LogP contribution in [-0.2, 0) is 6.61 Å². The molecule has 2 aromatic carbocycles. The number of carbonyl (C=O) groups excluding carboxylic acids is 1. The van der Waals surface area contributed by atoms with Gasteiger partial charge in [0.15, 0.2) is 11.5 Å². The third-order valence-electron chi connectivity index (χ3n) is 3.92. The van der Waals surface area contributed by atoms with Gasteiger partial charge in [0, 0.05) is 11.8 Å². The summed E-state index contributed by atoms with van der Waals surface area (Å²) >= 11 is 5.81. The summed E-state index contributed by atoms with van der Waals surface area (Å²) in [5, 5.41) is 3.19. The molecule has 0 aliphatic heterocycles. The number of methoxy groups -OCH3 is 2. The second-order valence-corrected chi connectivity index (χ2v) is 6.24. The van der Waals surface area contributed by atoms with Crippen molar-refractivity contribution in [2.75, 3.05) is 19.5 Å². The van der Waals surface area contributed by atoms with E-state index in [1.165, 1.54) is 20.4 Å². The lowest BCUT2D eigenvalue weighted by atomic mass is 10.1. The summed E-state index contributed by atoms with van der Waals surface area (Å²) in [5.41, 5.74) is 1.35. The first-order valence-corrected chi connectivity index (χ1v) is 8.84. The predicted octanol–water partition coefficient (Wildman–Crippen LogP) is 4.58. The van der Waals surface area contributed by atoms with Gasteiger partial charge in [-0.1, -0.05) is 41.9 Å². The first kappa shape index (κ1) is 19.5. The van der Waals surface area contributed by atoms with Crippen molar-refractivity contribution in [3.05, 3.63) is 76.9 Å². The lowest BCUT2D eigenvalue weighted by molar-refractivity contribution is 0.102. The zero-order valence-corrected chi connectivity index (χ0v) is 16.2. The summed E-state index contributed by atoms with van der Waals surface area (Å²) in [5.74, 6) is 1.24. The molecular formula is C21H19ClN2O4. The molecule has 28 heavy (non-hydrogen) atoms. The summed E-state index contributed by atoms with van der Waals surface area (Å²) < 4.78 is 16.7. The quantitative estimate of drug-likeness (QED) is 0.630. The van der Waals surface area contributed by atoms with Crippen LogP contribution in [0.15, 0.2) is 60.8 Å². The Hall–Kier alpha value is -3.25. The third-order valence-corrected chi connectivity index (χ3v) is 4.14. The van der Waals surface area contributed by atoms with Gasteiger partial charge in [-0.25, -0.2) is 4.98 Å². The van der Waals surface area contributed by atoms with E-state index < -0.39 is 0 Å². The number of hydrogen-bond donors (Lipinski definition) is 1. The van der Waals surface area contributed by atoms with Crippen LogP contribution in [0.25, 0.3) is 0 Å². The molecule has 0 saturated carbocycles. The summed E-state index contributed by atoms with van der Waals surface area (Å²) in [6.45, 7) is 0.341. The number of benzene rings is 2. The lowest BCUT2D eigenvalue weighted by Gasteiger charge is -2.16. The maximum atomic E-state index is 12.6. The number of rotatable bonds is 7. The fourth-order valence-corrected chi connectivity index (χ4v) is 2.63. The smallest absolute Gasteiger partial charge is 0.257 e. The Morgan fingerprint density at radius 3 is 2.29 bits per heavy atom. The second kappa shape index (κ2) is 9.10. The molecule has 0 aliphatic carbocycles. The minimum atomic E-state index is -0.360. The van der Waals surface area contributed by atoms with Gasteiger partial charge >= 0.3 is 0 Å². The summed E-state index contributed by atoms with van der Waals surface area (Å²) in [6, 6.07) is 16.2. The number of pyridine rings is 1. The molecule has 0 radical (unpaired) electrons. The summed E-state index contributed by atoms with van der Waals surface area (Å²) in [4.78, 5) is 16.6. The van der Waals surface area contributed by atoms with Crippen molar-refractivity contribution in [3.63, 3.8) is 0 Å². The predicted molar refractivity (Wildman–Crippen MR) is 108 cm³/mol. The van der Waals surface area contributed by atoms with Crippen LogP contribution in [0.1, 0.15) is 15.9 Å². The lowest BCUT2D eigenvalue weighted by Crippen LogP contribution is -2.13. The van der Waals surface area contributed by atoms with Crippen LogP contribution in [0, 0.1) is 0 Å². The minimum Gasteiger partial charge on any atom is -0.493 e. The molecule has 0 aliphatic rings. The Morgan fingerprint density at radius 1 is 1.04 bits per heavy atom. The van der Waals surface area contributed by atoms with E-state index in [4.69, 9.17) is 25.8 Å². The molecule has 0 fully saturated rings. The molecule has 0 saturated heterocycles. The molecule has 0 atom stereocenters. The van der Waals surface area contributed by atoms with Crippen molar-refractivity contribution >= 4 is 23.3 Å². The molecular weight excluding hydrogens is 380 g/mol. The van der Waals surface area contributed by atoms with Crippen LogP contribution in [0.3, 0.4) is 0 Å². The van der Waals surface area contributed by atoms with Gasteiger partial charge in [-0.2, -0.15) is 0 Å². The van der Waals surface area contributed by atoms with Gasteiger partial charge in [0.05, 0.1) is 19.2 Å². The zero-order valence-electron chi connectivity index (χ0n) is 15.4. The molecule has 0 bridgehead atoms. The Balaban J connectivity index is 1.83. The Kier molecular flexibility index (Phi) is 6.34. The molecule has 1 heterocycles. The SMILES string of the molecule is COc1cc(C(=O)Nc2ccc(Cl)cn2)cc(OC)c1OCc1ccccc1. The van der Waals surface area contributed by atoms with Crippen LogP contribution in [0.4, 0.5) is 5.82 Å². The average Bonchev–Trinajstić information content (AvgIpc) is 2.73. The fraction of sp³-hybridized carbons (Fsp3) is 0.143. The van der Waals surface area contributed by atoms with Gasteiger partial charge in [-0.3, -0.25) is 4.79 Å². The second-order valence-electron chi connectivity index (χ2n) is 5.80. The van der Waals surface area contributed by atoms with E-state index in [0.29, 0.717) is 40.3 Å². The van der Waals surface area contributed by atoms with Gasteiger partial charge in [-0.15, -0.1) is 0 Å². The highest BCUT2D eigenvalue weighted by atomic mass is 35.5. The first-order chi connectivity index (χ1) is 13.6.